The van der Waals surface area contributed by atoms with Gasteiger partial charge >= 0.3 is 0 Å². The Morgan fingerprint density at radius 2 is 2.08 bits per heavy atom. The number of nitrogens with zero attached hydrogens (tertiary/aromatic N) is 3. The molecule has 1 aliphatic carbocycles. The van der Waals surface area contributed by atoms with Gasteiger partial charge in [0.05, 0.1) is 5.56 Å². The summed E-state index contributed by atoms with van der Waals surface area (Å²) in [4.78, 5) is 8.85. The van der Waals surface area contributed by atoms with Crippen molar-refractivity contribution in [2.45, 2.75) is 37.6 Å². The molecule has 8 nitrogen and oxygen atoms in total. The Labute approximate surface area is 139 Å². The van der Waals surface area contributed by atoms with Crippen molar-refractivity contribution in [1.29, 1.82) is 5.41 Å². The monoisotopic (exact) mass is 327 g/mol. The number of nitrogen functional groups attached to an aromatic ring is 1. The third kappa shape index (κ3) is 2.96. The number of aromatic nitrogens is 4. The van der Waals surface area contributed by atoms with Crippen LogP contribution in [0.15, 0.2) is 12.3 Å². The molecule has 126 valence electrons. The highest BCUT2D eigenvalue weighted by Gasteiger charge is 2.28. The van der Waals surface area contributed by atoms with Gasteiger partial charge in [0.2, 0.25) is 0 Å². The molecule has 0 bridgehead atoms. The number of aromatic amines is 1. The number of H-pyrrole nitrogens is 1. The van der Waals surface area contributed by atoms with Gasteiger partial charge in [-0.25, -0.2) is 9.97 Å². The zero-order valence-electron chi connectivity index (χ0n) is 13.4. The number of anilines is 2. The number of hydrogen-bond acceptors (Lipinski definition) is 7. The van der Waals surface area contributed by atoms with Crippen LogP contribution in [0, 0.1) is 5.41 Å². The van der Waals surface area contributed by atoms with Crippen LogP contribution >= 0.6 is 0 Å². The summed E-state index contributed by atoms with van der Waals surface area (Å²) in [7, 11) is 0. The topological polar surface area (TPSA) is 126 Å². The summed E-state index contributed by atoms with van der Waals surface area (Å²) in [6.45, 7) is 1.47. The van der Waals surface area contributed by atoms with E-state index in [4.69, 9.17) is 15.9 Å². The number of hydrogen-bond donors (Lipinski definition) is 4. The van der Waals surface area contributed by atoms with Crippen LogP contribution < -0.4 is 11.1 Å². The molecule has 0 aromatic carbocycles. The Morgan fingerprint density at radius 1 is 1.29 bits per heavy atom. The highest BCUT2D eigenvalue weighted by Crippen LogP contribution is 2.38. The Hall–Kier alpha value is -2.48. The molecule has 0 unspecified atom stereocenters. The minimum absolute atomic E-state index is 0.193. The third-order valence-electron chi connectivity index (χ3n) is 4.49. The molecule has 4 rings (SSSR count). The number of nitrogens with one attached hydrogen (secondary N) is 3. The minimum atomic E-state index is 0.193. The van der Waals surface area contributed by atoms with Crippen LogP contribution in [-0.2, 0) is 4.74 Å². The van der Waals surface area contributed by atoms with Gasteiger partial charge in [-0.05, 0) is 31.7 Å². The van der Waals surface area contributed by atoms with Crippen molar-refractivity contribution in [3.05, 3.63) is 29.5 Å². The van der Waals surface area contributed by atoms with E-state index in [0.717, 1.165) is 44.7 Å². The Bertz CT molecular complexity index is 747. The van der Waals surface area contributed by atoms with Gasteiger partial charge in [-0.2, -0.15) is 5.10 Å². The second-order valence-corrected chi connectivity index (χ2v) is 6.35. The van der Waals surface area contributed by atoms with E-state index in [2.05, 4.69) is 25.5 Å². The lowest BCUT2D eigenvalue weighted by atomic mass is 10.1. The van der Waals surface area contributed by atoms with Crippen molar-refractivity contribution in [3.63, 3.8) is 0 Å². The molecule has 5 N–H and O–H groups in total. The van der Waals surface area contributed by atoms with Crippen molar-refractivity contribution < 1.29 is 4.74 Å². The van der Waals surface area contributed by atoms with E-state index in [1.807, 2.05) is 0 Å². The molecular formula is C16H21N7O. The van der Waals surface area contributed by atoms with E-state index < -0.39 is 0 Å². The fourth-order valence-electron chi connectivity index (χ4n) is 2.92. The van der Waals surface area contributed by atoms with Gasteiger partial charge in [0.15, 0.2) is 5.82 Å². The van der Waals surface area contributed by atoms with Crippen LogP contribution in [0.1, 0.15) is 48.8 Å². The fourth-order valence-corrected chi connectivity index (χ4v) is 2.92. The minimum Gasteiger partial charge on any atom is -0.398 e. The van der Waals surface area contributed by atoms with Gasteiger partial charge in [-0.3, -0.25) is 10.5 Å². The van der Waals surface area contributed by atoms with E-state index in [1.54, 1.807) is 12.3 Å². The average Bonchev–Trinajstić information content (AvgIpc) is 3.32. The van der Waals surface area contributed by atoms with Gasteiger partial charge in [-0.15, -0.1) is 0 Å². The lowest BCUT2D eigenvalue weighted by molar-refractivity contribution is 0.0904. The fraction of sp³-hybridized carbons (Fsp3) is 0.500. The molecule has 1 saturated carbocycles. The largest absolute Gasteiger partial charge is 0.398 e. The van der Waals surface area contributed by atoms with E-state index in [1.165, 1.54) is 0 Å². The lowest BCUT2D eigenvalue weighted by Crippen LogP contribution is -2.29. The van der Waals surface area contributed by atoms with E-state index in [9.17, 15) is 0 Å². The molecule has 24 heavy (non-hydrogen) atoms. The van der Waals surface area contributed by atoms with Gasteiger partial charge in [0, 0.05) is 37.1 Å². The molecular weight excluding hydrogens is 306 g/mol. The first-order valence-electron chi connectivity index (χ1n) is 8.32. The molecule has 0 radical (unpaired) electrons. The SMILES string of the molecule is N=C(c1n[nH]c(C2CC2)n1)c1c(N)ccnc1NC1CCOCC1. The van der Waals surface area contributed by atoms with Gasteiger partial charge < -0.3 is 15.8 Å². The van der Waals surface area contributed by atoms with Gasteiger partial charge in [0.25, 0.3) is 0 Å². The van der Waals surface area contributed by atoms with Crippen molar-refractivity contribution in [3.8, 4) is 0 Å². The highest BCUT2D eigenvalue weighted by atomic mass is 16.5. The Balaban J connectivity index is 1.61. The smallest absolute Gasteiger partial charge is 0.199 e. The molecule has 0 amide bonds. The first-order valence-corrected chi connectivity index (χ1v) is 8.32. The summed E-state index contributed by atoms with van der Waals surface area (Å²) in [6.07, 6.45) is 5.74. The zero-order valence-corrected chi connectivity index (χ0v) is 13.4. The van der Waals surface area contributed by atoms with Crippen molar-refractivity contribution >= 4 is 17.2 Å². The summed E-state index contributed by atoms with van der Waals surface area (Å²) in [6, 6.07) is 1.97. The molecule has 0 spiro atoms. The zero-order chi connectivity index (χ0) is 16.5. The van der Waals surface area contributed by atoms with Gasteiger partial charge in [0.1, 0.15) is 17.4 Å². The van der Waals surface area contributed by atoms with E-state index in [-0.39, 0.29) is 11.8 Å². The lowest BCUT2D eigenvalue weighted by Gasteiger charge is -2.25. The van der Waals surface area contributed by atoms with Crippen molar-refractivity contribution in [2.24, 2.45) is 0 Å². The Morgan fingerprint density at radius 3 is 2.83 bits per heavy atom. The predicted octanol–water partition coefficient (Wildman–Crippen LogP) is 1.67. The van der Waals surface area contributed by atoms with Crippen LogP contribution in [0.25, 0.3) is 0 Å². The molecule has 2 aliphatic rings. The molecule has 8 heteroatoms. The first kappa shape index (κ1) is 15.1. The molecule has 2 aromatic rings. The van der Waals surface area contributed by atoms with Crippen molar-refractivity contribution in [2.75, 3.05) is 24.3 Å². The summed E-state index contributed by atoms with van der Waals surface area (Å²) < 4.78 is 5.39. The quantitative estimate of drug-likeness (QED) is 0.619. The summed E-state index contributed by atoms with van der Waals surface area (Å²) in [5, 5.41) is 19.0. The number of rotatable bonds is 5. The molecule has 2 aromatic heterocycles. The number of nitrogens with two attached hydrogens (primary N) is 1. The van der Waals surface area contributed by atoms with E-state index >= 15 is 0 Å². The summed E-state index contributed by atoms with van der Waals surface area (Å²) in [5.74, 6) is 2.30. The average molecular weight is 327 g/mol. The second-order valence-electron chi connectivity index (χ2n) is 6.35. The first-order chi connectivity index (χ1) is 11.7. The number of ether oxygens (including phenoxy) is 1. The number of pyridine rings is 1. The Kier molecular flexibility index (Phi) is 3.89. The standard InChI is InChI=1S/C16H21N7O/c17-11-3-6-19-15(20-10-4-7-24-8-5-10)12(11)13(18)16-21-14(22-23-16)9-1-2-9/h3,6,9-10,18H,1-2,4-5,7-8H2,(H3,17,19,20)(H,21,22,23). The van der Waals surface area contributed by atoms with Crippen LogP contribution in [0.5, 0.6) is 0 Å². The molecule has 1 saturated heterocycles. The maximum Gasteiger partial charge on any atom is 0.199 e. The van der Waals surface area contributed by atoms with Crippen LogP contribution in [0.3, 0.4) is 0 Å². The maximum atomic E-state index is 8.51. The normalized spacial score (nSPS) is 18.5. The molecule has 3 heterocycles. The predicted molar refractivity (Wildman–Crippen MR) is 90.4 cm³/mol. The van der Waals surface area contributed by atoms with E-state index in [0.29, 0.717) is 28.8 Å². The molecule has 0 atom stereocenters. The summed E-state index contributed by atoms with van der Waals surface area (Å²) >= 11 is 0. The maximum absolute atomic E-state index is 8.51. The molecule has 1 aliphatic heterocycles. The highest BCUT2D eigenvalue weighted by molar-refractivity contribution is 6.14. The third-order valence-corrected chi connectivity index (χ3v) is 4.49. The second kappa shape index (κ2) is 6.20. The van der Waals surface area contributed by atoms with Crippen LogP contribution in [-0.4, -0.2) is 45.1 Å². The molecule has 2 fully saturated rings. The summed E-state index contributed by atoms with van der Waals surface area (Å²) in [5.41, 5.74) is 7.39. The van der Waals surface area contributed by atoms with Gasteiger partial charge in [-0.1, -0.05) is 0 Å². The van der Waals surface area contributed by atoms with Crippen LogP contribution in [0.2, 0.25) is 0 Å². The van der Waals surface area contributed by atoms with Crippen LogP contribution in [0.4, 0.5) is 11.5 Å². The van der Waals surface area contributed by atoms with Crippen molar-refractivity contribution in [1.82, 2.24) is 20.2 Å².